The van der Waals surface area contributed by atoms with Crippen LogP contribution in [0.4, 0.5) is 5.82 Å². The fraction of sp³-hybridized carbons (Fsp3) is 0.478. The second-order valence-corrected chi connectivity index (χ2v) is 8.46. The van der Waals surface area contributed by atoms with Crippen molar-refractivity contribution >= 4 is 11.5 Å². The number of anilines is 1. The van der Waals surface area contributed by atoms with Crippen LogP contribution in [0, 0.1) is 0 Å². The zero-order chi connectivity index (χ0) is 21.9. The Morgan fingerprint density at radius 3 is 3.00 bits per heavy atom. The molecular weight excluding hydrogens is 408 g/mol. The zero-order valence-electron chi connectivity index (χ0n) is 18.1. The highest BCUT2D eigenvalue weighted by Gasteiger charge is 2.23. The molecule has 9 nitrogen and oxygen atoms in total. The molecule has 0 bridgehead atoms. The van der Waals surface area contributed by atoms with Gasteiger partial charge < -0.3 is 10.1 Å². The normalized spacial score (nSPS) is 19.1. The molecule has 2 aliphatic heterocycles. The molecule has 0 spiro atoms. The first kappa shape index (κ1) is 20.8. The Morgan fingerprint density at radius 2 is 2.06 bits per heavy atom. The predicted octanol–water partition coefficient (Wildman–Crippen LogP) is 1.29. The van der Waals surface area contributed by atoms with Gasteiger partial charge in [0.1, 0.15) is 11.5 Å². The summed E-state index contributed by atoms with van der Waals surface area (Å²) in [7, 11) is 0. The summed E-state index contributed by atoms with van der Waals surface area (Å²) in [5.74, 6) is 0.599. The lowest BCUT2D eigenvalue weighted by Gasteiger charge is -2.36. The lowest BCUT2D eigenvalue weighted by molar-refractivity contribution is 0.107. The second kappa shape index (κ2) is 9.22. The van der Waals surface area contributed by atoms with E-state index in [0.717, 1.165) is 43.6 Å². The molecule has 0 saturated carbocycles. The first-order valence-electron chi connectivity index (χ1n) is 11.3. The molecule has 1 unspecified atom stereocenters. The molecule has 32 heavy (non-hydrogen) atoms. The van der Waals surface area contributed by atoms with Crippen LogP contribution >= 0.6 is 0 Å². The average molecular weight is 437 g/mol. The van der Waals surface area contributed by atoms with Crippen LogP contribution in [0.1, 0.15) is 30.5 Å². The van der Waals surface area contributed by atoms with E-state index in [1.54, 1.807) is 23.0 Å². The average Bonchev–Trinajstić information content (AvgIpc) is 2.82. The van der Waals surface area contributed by atoms with Crippen LogP contribution in [0.2, 0.25) is 0 Å². The number of nitrogens with one attached hydrogen (secondary N) is 1. The van der Waals surface area contributed by atoms with Crippen molar-refractivity contribution in [2.45, 2.75) is 44.9 Å². The van der Waals surface area contributed by atoms with Crippen molar-refractivity contribution < 1.29 is 4.74 Å². The van der Waals surface area contributed by atoms with E-state index in [0.29, 0.717) is 43.8 Å². The molecule has 0 radical (unpaired) electrons. The van der Waals surface area contributed by atoms with Gasteiger partial charge in [-0.1, -0.05) is 12.5 Å². The van der Waals surface area contributed by atoms with E-state index in [4.69, 9.17) is 4.74 Å². The minimum absolute atomic E-state index is 0.0678. The van der Waals surface area contributed by atoms with Gasteiger partial charge in [0.05, 0.1) is 25.5 Å². The summed E-state index contributed by atoms with van der Waals surface area (Å²) in [5.41, 5.74) is 2.35. The molecule has 2 aliphatic rings. The molecule has 0 amide bonds. The van der Waals surface area contributed by atoms with Gasteiger partial charge in [-0.2, -0.15) is 5.10 Å². The van der Waals surface area contributed by atoms with Crippen LogP contribution in [-0.2, 0) is 24.3 Å². The van der Waals surface area contributed by atoms with Crippen molar-refractivity contribution in [1.82, 2.24) is 24.1 Å². The molecular formula is C23H28N6O3. The molecule has 0 aromatic carbocycles. The molecule has 5 heterocycles. The van der Waals surface area contributed by atoms with E-state index < -0.39 is 0 Å². The monoisotopic (exact) mass is 436 g/mol. The molecule has 3 aromatic rings. The second-order valence-electron chi connectivity index (χ2n) is 8.46. The first-order valence-corrected chi connectivity index (χ1v) is 11.3. The maximum absolute atomic E-state index is 12.5. The lowest BCUT2D eigenvalue weighted by atomic mass is 10.0. The van der Waals surface area contributed by atoms with Gasteiger partial charge in [-0.25, -0.2) is 9.67 Å². The van der Waals surface area contributed by atoms with Crippen LogP contribution in [-0.4, -0.2) is 56.3 Å². The molecule has 1 N–H and O–H groups in total. The molecule has 9 heteroatoms. The lowest BCUT2D eigenvalue weighted by Crippen LogP contribution is -2.46. The quantitative estimate of drug-likeness (QED) is 0.622. The first-order chi connectivity index (χ1) is 15.7. The number of hydrogen-bond acceptors (Lipinski definition) is 7. The van der Waals surface area contributed by atoms with Crippen molar-refractivity contribution in [3.05, 3.63) is 68.5 Å². The van der Waals surface area contributed by atoms with Crippen molar-refractivity contribution in [1.29, 1.82) is 0 Å². The van der Waals surface area contributed by atoms with Crippen molar-refractivity contribution in [3.8, 4) is 0 Å². The van der Waals surface area contributed by atoms with E-state index in [1.807, 2.05) is 18.2 Å². The maximum atomic E-state index is 12.5. The number of piperidine rings is 1. The fourth-order valence-corrected chi connectivity index (χ4v) is 4.59. The number of nitrogens with zero attached hydrogens (tertiary/aromatic N) is 5. The number of likely N-dealkylation sites (tertiary alicyclic amines) is 1. The van der Waals surface area contributed by atoms with Crippen LogP contribution in [0.15, 0.2) is 46.1 Å². The molecule has 1 fully saturated rings. The fourth-order valence-electron chi connectivity index (χ4n) is 4.59. The third-order valence-electron chi connectivity index (χ3n) is 6.34. The summed E-state index contributed by atoms with van der Waals surface area (Å²) in [4.78, 5) is 31.8. The molecule has 168 valence electrons. The van der Waals surface area contributed by atoms with Crippen LogP contribution in [0.25, 0.3) is 5.65 Å². The smallest absolute Gasteiger partial charge is 0.267 e. The highest BCUT2D eigenvalue weighted by atomic mass is 16.5. The molecule has 3 aromatic heterocycles. The Morgan fingerprint density at radius 1 is 1.12 bits per heavy atom. The topological polar surface area (TPSA) is 93.8 Å². The van der Waals surface area contributed by atoms with E-state index >= 15 is 0 Å². The van der Waals surface area contributed by atoms with Gasteiger partial charge in [-0.05, 0) is 31.5 Å². The summed E-state index contributed by atoms with van der Waals surface area (Å²) >= 11 is 0. The van der Waals surface area contributed by atoms with Crippen LogP contribution in [0.3, 0.4) is 0 Å². The SMILES string of the molecule is O=c1cc2c(nn1CCN1CCCCC1CNc1cc(=O)n3ccccc3n1)CCOC2. The van der Waals surface area contributed by atoms with Gasteiger partial charge in [0, 0.05) is 49.4 Å². The predicted molar refractivity (Wildman–Crippen MR) is 121 cm³/mol. The summed E-state index contributed by atoms with van der Waals surface area (Å²) in [6.45, 7) is 4.17. The van der Waals surface area contributed by atoms with Gasteiger partial charge in [-0.15, -0.1) is 0 Å². The summed E-state index contributed by atoms with van der Waals surface area (Å²) in [5, 5.41) is 7.95. The molecule has 0 aliphatic carbocycles. The van der Waals surface area contributed by atoms with Crippen LogP contribution < -0.4 is 16.4 Å². The third kappa shape index (κ3) is 4.44. The Kier molecular flexibility index (Phi) is 6.00. The van der Waals surface area contributed by atoms with Gasteiger partial charge in [0.15, 0.2) is 0 Å². The molecule has 5 rings (SSSR count). The van der Waals surface area contributed by atoms with Gasteiger partial charge in [0.2, 0.25) is 0 Å². The Bertz CT molecular complexity index is 1220. The highest BCUT2D eigenvalue weighted by Crippen LogP contribution is 2.18. The molecule has 1 atom stereocenters. The molecule has 1 saturated heterocycles. The standard InChI is InChI=1S/C23H28N6O3/c30-22-14-20(25-21-6-2-4-9-28(21)22)24-15-18-5-1-3-8-27(18)10-11-29-23(31)13-17-16-32-12-7-19(17)26-29/h2,4,6,9,13-14,18,24H,1,3,5,7-8,10-12,15-16H2. The van der Waals surface area contributed by atoms with E-state index in [1.165, 1.54) is 10.8 Å². The van der Waals surface area contributed by atoms with Crippen molar-refractivity contribution in [3.63, 3.8) is 0 Å². The van der Waals surface area contributed by atoms with E-state index in [9.17, 15) is 9.59 Å². The minimum atomic E-state index is -0.0955. The van der Waals surface area contributed by atoms with Gasteiger partial charge in [0.25, 0.3) is 11.1 Å². The highest BCUT2D eigenvalue weighted by molar-refractivity contribution is 5.46. The summed E-state index contributed by atoms with van der Waals surface area (Å²) in [6, 6.07) is 9.05. The largest absolute Gasteiger partial charge is 0.376 e. The van der Waals surface area contributed by atoms with Crippen molar-refractivity contribution in [2.75, 3.05) is 31.6 Å². The van der Waals surface area contributed by atoms with E-state index in [-0.39, 0.29) is 11.1 Å². The Balaban J connectivity index is 1.25. The Hall–Kier alpha value is -3.04. The van der Waals surface area contributed by atoms with Gasteiger partial charge in [-0.3, -0.25) is 18.9 Å². The number of ether oxygens (including phenoxy) is 1. The van der Waals surface area contributed by atoms with Gasteiger partial charge >= 0.3 is 0 Å². The minimum Gasteiger partial charge on any atom is -0.376 e. The number of aromatic nitrogens is 4. The summed E-state index contributed by atoms with van der Waals surface area (Å²) in [6.07, 6.45) is 5.87. The summed E-state index contributed by atoms with van der Waals surface area (Å²) < 4.78 is 8.55. The zero-order valence-corrected chi connectivity index (χ0v) is 18.1. The Labute approximate surface area is 185 Å². The number of rotatable bonds is 6. The number of pyridine rings is 1. The number of fused-ring (bicyclic) bond motifs is 2. The van der Waals surface area contributed by atoms with Crippen molar-refractivity contribution in [2.24, 2.45) is 0 Å². The third-order valence-corrected chi connectivity index (χ3v) is 6.34. The number of hydrogen-bond donors (Lipinski definition) is 1. The van der Waals surface area contributed by atoms with E-state index in [2.05, 4.69) is 20.3 Å². The maximum Gasteiger partial charge on any atom is 0.267 e. The van der Waals surface area contributed by atoms with Crippen LogP contribution in [0.5, 0.6) is 0 Å².